The first kappa shape index (κ1) is 10.9. The van der Waals surface area contributed by atoms with Crippen LogP contribution in [0.1, 0.15) is 5.56 Å². The van der Waals surface area contributed by atoms with Crippen LogP contribution in [0, 0.1) is 0 Å². The van der Waals surface area contributed by atoms with Crippen molar-refractivity contribution in [3.05, 3.63) is 34.9 Å². The quantitative estimate of drug-likeness (QED) is 0.479. The Hall–Kier alpha value is 0.863. The molecule has 0 nitrogen and oxygen atoms in total. The minimum absolute atomic E-state index is 0. The van der Waals surface area contributed by atoms with E-state index in [-0.39, 0.29) is 24.0 Å². The second kappa shape index (κ2) is 5.51. The molecule has 3 heteroatoms. The fourth-order valence-corrected chi connectivity index (χ4v) is 1.56. The molecule has 0 saturated heterocycles. The van der Waals surface area contributed by atoms with Gasteiger partial charge in [-0.25, -0.2) is 0 Å². The third-order valence-electron chi connectivity index (χ3n) is 1.18. The summed E-state index contributed by atoms with van der Waals surface area (Å²) in [6, 6.07) is 8.02. The molecule has 0 aromatic heterocycles. The molecule has 50 valence electrons. The Balaban J connectivity index is 0.000000810. The van der Waals surface area contributed by atoms with Gasteiger partial charge in [-0.2, -0.15) is 0 Å². The summed E-state index contributed by atoms with van der Waals surface area (Å²) in [5.74, 6) is 0. The van der Waals surface area contributed by atoms with Crippen LogP contribution in [0.3, 0.4) is 0 Å². The Morgan fingerprint density at radius 1 is 1.40 bits per heavy atom. The Labute approximate surface area is 93.0 Å². The van der Waals surface area contributed by atoms with Gasteiger partial charge in [0.25, 0.3) is 0 Å². The van der Waals surface area contributed by atoms with Crippen molar-refractivity contribution >= 4 is 11.6 Å². The van der Waals surface area contributed by atoms with Gasteiger partial charge in [0.2, 0.25) is 0 Å². The smallest absolute Gasteiger partial charge is 1.00 e. The molecule has 1 aromatic rings. The summed E-state index contributed by atoms with van der Waals surface area (Å²) in [5.41, 5.74) is 1.35. The third kappa shape index (κ3) is 3.31. The molecule has 0 saturated carbocycles. The fraction of sp³-hybridized carbons (Fsp3) is 0.143. The summed E-state index contributed by atoms with van der Waals surface area (Å²) < 4.78 is 0. The van der Waals surface area contributed by atoms with Gasteiger partial charge in [-0.3, -0.25) is 0 Å². The normalized spacial score (nSPS) is 8.70. The minimum Gasteiger partial charge on any atom is -1.00 e. The average molecular weight is 318 g/mol. The molecular formula is C7H6ClIZn. The van der Waals surface area contributed by atoms with E-state index in [4.69, 9.17) is 11.6 Å². The molecule has 1 rings (SSSR count). The Morgan fingerprint density at radius 2 is 2.10 bits per heavy atom. The largest absolute Gasteiger partial charge is 1.00 e. The van der Waals surface area contributed by atoms with Crippen LogP contribution < -0.4 is 24.0 Å². The number of benzene rings is 1. The number of hydrogen-bond donors (Lipinski definition) is 0. The number of hydrogen-bond acceptors (Lipinski definition) is 0. The zero-order valence-electron chi connectivity index (χ0n) is 5.48. The van der Waals surface area contributed by atoms with E-state index in [1.807, 2.05) is 18.2 Å². The van der Waals surface area contributed by atoms with E-state index in [1.165, 1.54) is 28.9 Å². The molecule has 0 bridgehead atoms. The van der Waals surface area contributed by atoms with Crippen molar-refractivity contribution in [2.75, 3.05) is 0 Å². The van der Waals surface area contributed by atoms with Gasteiger partial charge in [-0.05, 0) is 0 Å². The molecule has 0 aliphatic heterocycles. The molecule has 0 aliphatic rings. The van der Waals surface area contributed by atoms with Gasteiger partial charge in [0.1, 0.15) is 0 Å². The van der Waals surface area contributed by atoms with Crippen LogP contribution >= 0.6 is 11.6 Å². The van der Waals surface area contributed by atoms with Crippen molar-refractivity contribution < 1.29 is 42.3 Å². The van der Waals surface area contributed by atoms with Gasteiger partial charge < -0.3 is 24.0 Å². The van der Waals surface area contributed by atoms with E-state index >= 15 is 0 Å². The van der Waals surface area contributed by atoms with E-state index < -0.39 is 0 Å². The van der Waals surface area contributed by atoms with Crippen molar-refractivity contribution in [2.45, 2.75) is 5.02 Å². The molecule has 0 unspecified atom stereocenters. The summed E-state index contributed by atoms with van der Waals surface area (Å²) in [6.45, 7) is 0. The first-order valence-electron chi connectivity index (χ1n) is 2.86. The maximum atomic E-state index is 5.74. The Bertz CT molecular complexity index is 203. The molecular weight excluding hydrogens is 312 g/mol. The van der Waals surface area contributed by atoms with Crippen LogP contribution in [0.4, 0.5) is 0 Å². The number of rotatable bonds is 1. The van der Waals surface area contributed by atoms with Crippen LogP contribution in [0.15, 0.2) is 24.3 Å². The topological polar surface area (TPSA) is 0 Å². The molecule has 0 radical (unpaired) electrons. The van der Waals surface area contributed by atoms with Crippen LogP contribution in [-0.4, -0.2) is 0 Å². The SMILES string of the molecule is Clc1cccc([CH2][Zn+])c1.[I-]. The second-order valence-electron chi connectivity index (χ2n) is 1.88. The first-order chi connectivity index (χ1) is 4.33. The summed E-state index contributed by atoms with van der Waals surface area (Å²) in [6.07, 6.45) is 0. The molecule has 0 amide bonds. The van der Waals surface area contributed by atoms with Gasteiger partial charge in [0, 0.05) is 0 Å². The Kier molecular flexibility index (Phi) is 5.98. The standard InChI is InChI=1S/C7H6Cl.HI.Zn/c1-6-3-2-4-7(8)5-6;;/h2-5H,1H2;1H;/q;;+1/p-1. The van der Waals surface area contributed by atoms with E-state index in [0.717, 1.165) is 5.02 Å². The zero-order valence-corrected chi connectivity index (χ0v) is 11.4. The van der Waals surface area contributed by atoms with Gasteiger partial charge in [0.05, 0.1) is 0 Å². The molecule has 0 atom stereocenters. The van der Waals surface area contributed by atoms with Crippen molar-refractivity contribution in [2.24, 2.45) is 0 Å². The maximum Gasteiger partial charge on any atom is -1.00 e. The number of halogens is 2. The molecule has 0 heterocycles. The summed E-state index contributed by atoms with van der Waals surface area (Å²) in [7, 11) is 0. The molecule has 1 aromatic carbocycles. The van der Waals surface area contributed by atoms with Crippen molar-refractivity contribution in [1.29, 1.82) is 0 Å². The van der Waals surface area contributed by atoms with Crippen LogP contribution in [-0.2, 0) is 23.3 Å². The first-order valence-corrected chi connectivity index (χ1v) is 5.34. The monoisotopic (exact) mass is 316 g/mol. The van der Waals surface area contributed by atoms with Crippen LogP contribution in [0.5, 0.6) is 0 Å². The van der Waals surface area contributed by atoms with Gasteiger partial charge in [-0.15, -0.1) is 0 Å². The van der Waals surface area contributed by atoms with Crippen molar-refractivity contribution in [1.82, 2.24) is 0 Å². The second-order valence-corrected chi connectivity index (χ2v) is 3.37. The van der Waals surface area contributed by atoms with Crippen LogP contribution in [0.2, 0.25) is 5.02 Å². The molecule has 0 spiro atoms. The van der Waals surface area contributed by atoms with Gasteiger partial charge >= 0.3 is 69.8 Å². The van der Waals surface area contributed by atoms with Crippen molar-refractivity contribution in [3.8, 4) is 0 Å². The predicted molar refractivity (Wildman–Crippen MR) is 35.2 cm³/mol. The molecule has 0 fully saturated rings. The molecule has 0 aliphatic carbocycles. The fourth-order valence-electron chi connectivity index (χ4n) is 0.692. The predicted octanol–water partition coefficient (Wildman–Crippen LogP) is -0.609. The van der Waals surface area contributed by atoms with E-state index in [1.54, 1.807) is 0 Å². The minimum atomic E-state index is 0. The maximum absolute atomic E-state index is 5.74. The average Bonchev–Trinajstić information content (AvgIpc) is 1.88. The van der Waals surface area contributed by atoms with Gasteiger partial charge in [-0.1, -0.05) is 0 Å². The molecule has 0 N–H and O–H groups in total. The Morgan fingerprint density at radius 3 is 2.50 bits per heavy atom. The van der Waals surface area contributed by atoms with Crippen LogP contribution in [0.25, 0.3) is 0 Å². The molecule has 10 heavy (non-hydrogen) atoms. The summed E-state index contributed by atoms with van der Waals surface area (Å²) in [5, 5.41) is 2.03. The van der Waals surface area contributed by atoms with Gasteiger partial charge in [0.15, 0.2) is 0 Å². The summed E-state index contributed by atoms with van der Waals surface area (Å²) >= 11 is 7.04. The van der Waals surface area contributed by atoms with E-state index in [2.05, 4.69) is 6.07 Å². The van der Waals surface area contributed by atoms with E-state index in [9.17, 15) is 0 Å². The van der Waals surface area contributed by atoms with E-state index in [0.29, 0.717) is 0 Å². The zero-order chi connectivity index (χ0) is 6.69. The van der Waals surface area contributed by atoms with Crippen molar-refractivity contribution in [3.63, 3.8) is 0 Å². The third-order valence-corrected chi connectivity index (χ3v) is 2.62. The summed E-state index contributed by atoms with van der Waals surface area (Å²) in [4.78, 5) is 0.